The van der Waals surface area contributed by atoms with Crippen molar-refractivity contribution in [3.05, 3.63) is 85.5 Å². The van der Waals surface area contributed by atoms with Gasteiger partial charge in [0.15, 0.2) is 0 Å². The van der Waals surface area contributed by atoms with Gasteiger partial charge in [0.2, 0.25) is 11.8 Å². The molecule has 2 bridgehead atoms. The van der Waals surface area contributed by atoms with Gasteiger partial charge in [-0.1, -0.05) is 58.4 Å². The van der Waals surface area contributed by atoms with Crippen molar-refractivity contribution in [1.29, 1.82) is 0 Å². The van der Waals surface area contributed by atoms with Crippen molar-refractivity contribution in [3.8, 4) is 0 Å². The maximum atomic E-state index is 14.8. The molecule has 3 amide bonds. The fraction of sp³-hybridized carbons (Fsp3) is 0.487. The minimum Gasteiger partial charge on any atom is -0.455 e. The van der Waals surface area contributed by atoms with Crippen molar-refractivity contribution in [2.24, 2.45) is 11.8 Å². The van der Waals surface area contributed by atoms with Crippen LogP contribution in [0.1, 0.15) is 51.2 Å². The molecule has 12 heteroatoms. The molecule has 3 saturated heterocycles. The molecular weight excluding hydrogens is 716 g/mol. The average molecular weight is 766 g/mol. The maximum Gasteiger partial charge on any atom is 0.313 e. The van der Waals surface area contributed by atoms with Crippen molar-refractivity contribution < 1.29 is 33.8 Å². The fourth-order valence-corrected chi connectivity index (χ4v) is 8.78. The number of allylic oxidation sites excluding steroid dienone is 1. The number of likely N-dealkylation sites (tertiary alicyclic amines) is 1. The lowest BCUT2D eigenvalue weighted by Gasteiger charge is -2.37. The molecule has 0 aliphatic carbocycles. The molecule has 3 heterocycles. The van der Waals surface area contributed by atoms with Crippen LogP contribution in [0.25, 0.3) is 0 Å². The van der Waals surface area contributed by atoms with Gasteiger partial charge in [0.1, 0.15) is 17.7 Å². The number of carbonyl (C=O) groups is 4. The minimum absolute atomic E-state index is 0.0405. The Hall–Kier alpha value is -4.00. The molecule has 7 atom stereocenters. The van der Waals surface area contributed by atoms with E-state index in [4.69, 9.17) is 9.47 Å². The minimum atomic E-state index is -1.31. The molecule has 5 rings (SSSR count). The molecule has 1 unspecified atom stereocenters. The van der Waals surface area contributed by atoms with Gasteiger partial charge in [-0.25, -0.2) is 0 Å². The monoisotopic (exact) mass is 764 g/mol. The van der Waals surface area contributed by atoms with Gasteiger partial charge in [0.25, 0.3) is 5.91 Å². The molecule has 3 fully saturated rings. The van der Waals surface area contributed by atoms with Gasteiger partial charge in [-0.3, -0.25) is 19.2 Å². The van der Waals surface area contributed by atoms with Gasteiger partial charge in [-0.2, -0.15) is 0 Å². The van der Waals surface area contributed by atoms with Gasteiger partial charge in [0, 0.05) is 55.4 Å². The Balaban J connectivity index is 1.47. The highest BCUT2D eigenvalue weighted by Gasteiger charge is 2.77. The molecule has 0 radical (unpaired) electrons. The number of nitrogens with zero attached hydrogens (tertiary/aromatic N) is 3. The zero-order valence-corrected chi connectivity index (χ0v) is 31.0. The lowest BCUT2D eigenvalue weighted by atomic mass is 9.70. The molecule has 1 spiro atoms. The van der Waals surface area contributed by atoms with Gasteiger partial charge in [-0.05, 0) is 62.9 Å². The summed E-state index contributed by atoms with van der Waals surface area (Å²) < 4.78 is 12.8. The van der Waals surface area contributed by atoms with E-state index in [-0.39, 0.29) is 61.6 Å². The summed E-state index contributed by atoms with van der Waals surface area (Å²) in [6.07, 6.45) is 3.10. The number of hydrogen-bond donors (Lipinski definition) is 2. The van der Waals surface area contributed by atoms with Crippen molar-refractivity contribution in [1.82, 2.24) is 10.2 Å². The summed E-state index contributed by atoms with van der Waals surface area (Å²) in [7, 11) is 0. The van der Waals surface area contributed by atoms with Gasteiger partial charge >= 0.3 is 5.97 Å². The number of alkyl halides is 1. The second kappa shape index (κ2) is 17.0. The van der Waals surface area contributed by atoms with Crippen LogP contribution in [0.2, 0.25) is 0 Å². The topological polar surface area (TPSA) is 129 Å². The average Bonchev–Trinajstić information content (AvgIpc) is 3.74. The number of aliphatic hydroxyl groups excluding tert-OH is 1. The molecule has 11 nitrogen and oxygen atoms in total. The van der Waals surface area contributed by atoms with Crippen LogP contribution in [0, 0.1) is 11.8 Å². The predicted octanol–water partition coefficient (Wildman–Crippen LogP) is 4.55. The van der Waals surface area contributed by atoms with E-state index in [0.717, 1.165) is 18.8 Å². The van der Waals surface area contributed by atoms with E-state index >= 15 is 0 Å². The molecule has 0 aromatic heterocycles. The van der Waals surface area contributed by atoms with Crippen LogP contribution >= 0.6 is 15.9 Å². The zero-order valence-electron chi connectivity index (χ0n) is 29.4. The third kappa shape index (κ3) is 7.64. The quantitative estimate of drug-likeness (QED) is 0.129. The Bertz CT molecular complexity index is 1570. The number of halogens is 1. The molecule has 3 aliphatic rings. The number of rotatable bonds is 18. The van der Waals surface area contributed by atoms with Crippen molar-refractivity contribution in [2.45, 2.75) is 68.2 Å². The number of anilines is 2. The van der Waals surface area contributed by atoms with E-state index in [2.05, 4.69) is 53.2 Å². The Morgan fingerprint density at radius 2 is 1.78 bits per heavy atom. The van der Waals surface area contributed by atoms with E-state index in [1.807, 2.05) is 54.6 Å². The molecule has 2 aromatic rings. The summed E-state index contributed by atoms with van der Waals surface area (Å²) in [6.45, 7) is 13.6. The Morgan fingerprint density at radius 1 is 1.10 bits per heavy atom. The van der Waals surface area contributed by atoms with Crippen LogP contribution in [0.4, 0.5) is 11.4 Å². The van der Waals surface area contributed by atoms with Crippen molar-refractivity contribution >= 4 is 51.0 Å². The lowest BCUT2D eigenvalue weighted by Crippen LogP contribution is -2.57. The predicted molar refractivity (Wildman–Crippen MR) is 199 cm³/mol. The number of amides is 3. The number of ether oxygens (including phenoxy) is 2. The standard InChI is InChI=1S/C39H49BrN4O7/c1-5-9-16-31(46)41-25-30(26-14-11-10-12-15-26)50-38(49)32-33-36(47)44(22-13-23-45)35(39(33)24-29(40)34(32)51-39)37(48)43(21-6-2)28-19-17-27(18-20-28)42(7-3)8-4/h5-6,10-12,14-15,17-20,29-30,32-35,45H,1-2,7-9,13,16,21-25H2,3-4H3,(H,41,46)/t29?,30-,32-,33+,34-,35-,39+/m0/s1. The summed E-state index contributed by atoms with van der Waals surface area (Å²) >= 11 is 3.72. The lowest BCUT2D eigenvalue weighted by molar-refractivity contribution is -0.160. The van der Waals surface area contributed by atoms with Crippen LogP contribution in [0.3, 0.4) is 0 Å². The first-order chi connectivity index (χ1) is 24.6. The number of hydrogen-bond acceptors (Lipinski definition) is 8. The first kappa shape index (κ1) is 38.2. The van der Waals surface area contributed by atoms with Crippen molar-refractivity contribution in [2.75, 3.05) is 49.1 Å². The molecule has 2 aromatic carbocycles. The number of benzene rings is 2. The number of aliphatic hydroxyl groups is 1. The normalized spacial score (nSPS) is 25.2. The van der Waals surface area contributed by atoms with Crippen LogP contribution in [-0.2, 0) is 28.7 Å². The van der Waals surface area contributed by atoms with Crippen LogP contribution in [-0.4, -0.2) is 95.6 Å². The third-order valence-electron chi connectivity index (χ3n) is 10.2. The largest absolute Gasteiger partial charge is 0.455 e. The van der Waals surface area contributed by atoms with Gasteiger partial charge in [-0.15, -0.1) is 13.2 Å². The molecule has 274 valence electrons. The molecule has 0 saturated carbocycles. The third-order valence-corrected chi connectivity index (χ3v) is 11.1. The van der Waals surface area contributed by atoms with E-state index in [1.165, 1.54) is 4.90 Å². The zero-order chi connectivity index (χ0) is 36.7. The Kier molecular flexibility index (Phi) is 12.8. The summed E-state index contributed by atoms with van der Waals surface area (Å²) in [5, 5.41) is 12.6. The van der Waals surface area contributed by atoms with Crippen LogP contribution in [0.15, 0.2) is 79.9 Å². The Morgan fingerprint density at radius 3 is 2.41 bits per heavy atom. The van der Waals surface area contributed by atoms with Gasteiger partial charge < -0.3 is 34.6 Å². The first-order valence-electron chi connectivity index (χ1n) is 17.8. The van der Waals surface area contributed by atoms with Crippen LogP contribution in [0.5, 0.6) is 0 Å². The maximum absolute atomic E-state index is 14.8. The summed E-state index contributed by atoms with van der Waals surface area (Å²) in [4.78, 5) is 61.0. The first-order valence-corrected chi connectivity index (χ1v) is 18.7. The smallest absolute Gasteiger partial charge is 0.313 e. The van der Waals surface area contributed by atoms with E-state index in [1.54, 1.807) is 17.1 Å². The van der Waals surface area contributed by atoms with Crippen LogP contribution < -0.4 is 15.1 Å². The molecule has 3 aliphatic heterocycles. The summed E-state index contributed by atoms with van der Waals surface area (Å²) in [5.41, 5.74) is 1.05. The molecule has 51 heavy (non-hydrogen) atoms. The van der Waals surface area contributed by atoms with Crippen molar-refractivity contribution in [3.63, 3.8) is 0 Å². The SMILES string of the molecule is C=CCCC(=O)NC[C@H](OC(=O)[C@@H]1[C@H]2O[C@@]3(CC2Br)[C@H](C(=O)N(CC=C)c2ccc(N(CC)CC)cc2)N(CCCO)C(=O)[C@@H]13)c1ccccc1. The molecular formula is C39H49BrN4O7. The highest BCUT2D eigenvalue weighted by Crippen LogP contribution is 2.60. The molecule has 2 N–H and O–H groups in total. The summed E-state index contributed by atoms with van der Waals surface area (Å²) in [6, 6.07) is 15.8. The fourth-order valence-electron chi connectivity index (χ4n) is 7.83. The van der Waals surface area contributed by atoms with E-state index in [9.17, 15) is 24.3 Å². The second-order valence-electron chi connectivity index (χ2n) is 13.2. The highest BCUT2D eigenvalue weighted by molar-refractivity contribution is 9.09. The Labute approximate surface area is 308 Å². The van der Waals surface area contributed by atoms with E-state index in [0.29, 0.717) is 24.1 Å². The van der Waals surface area contributed by atoms with Gasteiger partial charge in [0.05, 0.1) is 24.5 Å². The number of carbonyl (C=O) groups excluding carboxylic acids is 4. The second-order valence-corrected chi connectivity index (χ2v) is 14.3. The number of fused-ring (bicyclic) bond motifs is 1. The summed E-state index contributed by atoms with van der Waals surface area (Å²) in [5.74, 6) is -3.55. The number of nitrogens with one attached hydrogen (secondary N) is 1. The highest BCUT2D eigenvalue weighted by atomic mass is 79.9. The van der Waals surface area contributed by atoms with E-state index < -0.39 is 41.7 Å². The number of esters is 1.